The molecule has 0 saturated carbocycles. The second-order valence-electron chi connectivity index (χ2n) is 7.36. The van der Waals surface area contributed by atoms with E-state index < -0.39 is 0 Å². The van der Waals surface area contributed by atoms with Crippen LogP contribution in [-0.2, 0) is 9.53 Å². The number of nitrogens with one attached hydrogen (secondary N) is 1. The third-order valence-electron chi connectivity index (χ3n) is 5.27. The Hall–Kier alpha value is -3.28. The zero-order valence-corrected chi connectivity index (χ0v) is 17.6. The lowest BCUT2D eigenvalue weighted by atomic mass is 9.95. The molecule has 1 aromatic heterocycles. The Morgan fingerprint density at radius 3 is 2.80 bits per heavy atom. The lowest BCUT2D eigenvalue weighted by Gasteiger charge is -2.30. The lowest BCUT2D eigenvalue weighted by molar-refractivity contribution is -0.139. The lowest BCUT2D eigenvalue weighted by Crippen LogP contribution is -2.29. The van der Waals surface area contributed by atoms with Crippen molar-refractivity contribution in [3.63, 3.8) is 0 Å². The highest BCUT2D eigenvalue weighted by Crippen LogP contribution is 2.40. The van der Waals surface area contributed by atoms with Crippen LogP contribution in [0.4, 0.5) is 5.95 Å². The number of nitrogens with zero attached hydrogens (tertiary/aromatic N) is 2. The highest BCUT2D eigenvalue weighted by Gasteiger charge is 2.35. The first kappa shape index (κ1) is 20.0. The molecule has 3 aromatic rings. The number of carbonyl (C=O) groups is 1. The Balaban J connectivity index is 1.85. The summed E-state index contributed by atoms with van der Waals surface area (Å²) in [6.45, 7) is 6.84. The Labute approximate surface area is 176 Å². The van der Waals surface area contributed by atoms with Gasteiger partial charge in [-0.1, -0.05) is 37.6 Å². The van der Waals surface area contributed by atoms with Crippen molar-refractivity contribution < 1.29 is 14.3 Å². The van der Waals surface area contributed by atoms with Crippen LogP contribution in [0, 0.1) is 0 Å². The first-order chi connectivity index (χ1) is 14.6. The third kappa shape index (κ3) is 3.65. The van der Waals surface area contributed by atoms with Gasteiger partial charge in [-0.05, 0) is 50.1 Å². The van der Waals surface area contributed by atoms with E-state index in [2.05, 4.69) is 16.8 Å². The van der Waals surface area contributed by atoms with Gasteiger partial charge < -0.3 is 14.8 Å². The first-order valence-electron chi connectivity index (χ1n) is 10.5. The van der Waals surface area contributed by atoms with E-state index in [1.807, 2.05) is 62.4 Å². The Morgan fingerprint density at radius 1 is 1.17 bits per heavy atom. The fraction of sp³-hybridized carbons (Fsp3) is 0.333. The molecule has 1 aliphatic rings. The van der Waals surface area contributed by atoms with E-state index in [0.717, 1.165) is 40.9 Å². The molecule has 2 heterocycles. The molecule has 1 atom stereocenters. The van der Waals surface area contributed by atoms with Crippen LogP contribution in [0.1, 0.15) is 45.2 Å². The van der Waals surface area contributed by atoms with Gasteiger partial charge in [0.25, 0.3) is 0 Å². The molecule has 1 aliphatic heterocycles. The molecule has 1 N–H and O–H groups in total. The van der Waals surface area contributed by atoms with Gasteiger partial charge in [0, 0.05) is 5.70 Å². The van der Waals surface area contributed by atoms with Gasteiger partial charge in [0.15, 0.2) is 0 Å². The summed E-state index contributed by atoms with van der Waals surface area (Å²) in [5, 5.41) is 3.29. The third-order valence-corrected chi connectivity index (χ3v) is 5.27. The number of carbonyl (C=O) groups excluding carboxylic acids is 1. The molecule has 0 amide bonds. The molecule has 6 nitrogen and oxygen atoms in total. The quantitative estimate of drug-likeness (QED) is 0.439. The van der Waals surface area contributed by atoms with Gasteiger partial charge in [-0.2, -0.15) is 0 Å². The number of aromatic nitrogens is 2. The zero-order chi connectivity index (χ0) is 21.1. The molecule has 30 heavy (non-hydrogen) atoms. The molecule has 6 heteroatoms. The summed E-state index contributed by atoms with van der Waals surface area (Å²) in [6.07, 6.45) is 2.08. The number of hydrogen-bond acceptors (Lipinski definition) is 5. The number of rotatable bonds is 7. The summed E-state index contributed by atoms with van der Waals surface area (Å²) in [5.41, 5.74) is 4.11. The van der Waals surface area contributed by atoms with Crippen LogP contribution < -0.4 is 10.1 Å². The van der Waals surface area contributed by atoms with Crippen LogP contribution >= 0.6 is 0 Å². The number of esters is 1. The molecule has 0 fully saturated rings. The number of anilines is 1. The smallest absolute Gasteiger partial charge is 0.338 e. The minimum Gasteiger partial charge on any atom is -0.494 e. The molecule has 4 rings (SSSR count). The average molecular weight is 405 g/mol. The molecular formula is C24H27N3O3. The van der Waals surface area contributed by atoms with Gasteiger partial charge in [0.2, 0.25) is 5.95 Å². The maximum Gasteiger partial charge on any atom is 0.338 e. The van der Waals surface area contributed by atoms with E-state index >= 15 is 0 Å². The van der Waals surface area contributed by atoms with E-state index in [9.17, 15) is 4.79 Å². The predicted molar refractivity (Wildman–Crippen MR) is 118 cm³/mol. The van der Waals surface area contributed by atoms with Crippen LogP contribution in [0.15, 0.2) is 59.8 Å². The standard InChI is InChI=1S/C24H27N3O3/c1-4-6-14-30-18-11-9-10-17(15-18)22-21(23(28)29-5-2)16(3)25-24-26-19-12-7-8-13-20(19)27(22)24/h7-13,15,22H,4-6,14H2,1-3H3,(H,25,26). The van der Waals surface area contributed by atoms with E-state index in [4.69, 9.17) is 14.5 Å². The van der Waals surface area contributed by atoms with Crippen molar-refractivity contribution in [3.8, 4) is 5.75 Å². The second-order valence-corrected chi connectivity index (χ2v) is 7.36. The van der Waals surface area contributed by atoms with Crippen LogP contribution in [0.25, 0.3) is 11.0 Å². The van der Waals surface area contributed by atoms with Crippen molar-refractivity contribution >= 4 is 23.0 Å². The monoisotopic (exact) mass is 405 g/mol. The normalized spacial score (nSPS) is 15.6. The van der Waals surface area contributed by atoms with E-state index in [0.29, 0.717) is 24.7 Å². The van der Waals surface area contributed by atoms with Crippen molar-refractivity contribution in [2.45, 2.75) is 39.7 Å². The average Bonchev–Trinajstić information content (AvgIpc) is 3.11. The fourth-order valence-electron chi connectivity index (χ4n) is 3.86. The second kappa shape index (κ2) is 8.61. The van der Waals surface area contributed by atoms with Crippen LogP contribution in [0.2, 0.25) is 0 Å². The van der Waals surface area contributed by atoms with E-state index in [1.54, 1.807) is 0 Å². The molecule has 0 bridgehead atoms. The molecule has 0 saturated heterocycles. The highest BCUT2D eigenvalue weighted by molar-refractivity contribution is 5.94. The van der Waals surface area contributed by atoms with E-state index in [1.165, 1.54) is 0 Å². The Morgan fingerprint density at radius 2 is 2.00 bits per heavy atom. The maximum absolute atomic E-state index is 13.0. The van der Waals surface area contributed by atoms with Crippen molar-refractivity contribution in [2.75, 3.05) is 18.5 Å². The largest absolute Gasteiger partial charge is 0.494 e. The topological polar surface area (TPSA) is 65.4 Å². The summed E-state index contributed by atoms with van der Waals surface area (Å²) >= 11 is 0. The molecule has 1 unspecified atom stereocenters. The Kier molecular flexibility index (Phi) is 5.74. The Bertz CT molecular complexity index is 1100. The van der Waals surface area contributed by atoms with Gasteiger partial charge in [-0.3, -0.25) is 4.57 Å². The van der Waals surface area contributed by atoms with E-state index in [-0.39, 0.29) is 12.0 Å². The van der Waals surface area contributed by atoms with Crippen LogP contribution in [-0.4, -0.2) is 28.7 Å². The summed E-state index contributed by atoms with van der Waals surface area (Å²) in [5.74, 6) is 1.18. The maximum atomic E-state index is 13.0. The molecular weight excluding hydrogens is 378 g/mol. The first-order valence-corrected chi connectivity index (χ1v) is 10.5. The number of unbranched alkanes of at least 4 members (excludes halogenated alkanes) is 1. The van der Waals surface area contributed by atoms with Crippen molar-refractivity contribution in [2.24, 2.45) is 0 Å². The highest BCUT2D eigenvalue weighted by atomic mass is 16.5. The number of benzene rings is 2. The van der Waals surface area contributed by atoms with Gasteiger partial charge in [-0.25, -0.2) is 9.78 Å². The van der Waals surface area contributed by atoms with Crippen molar-refractivity contribution in [1.29, 1.82) is 0 Å². The fourth-order valence-corrected chi connectivity index (χ4v) is 3.86. The number of para-hydroxylation sites is 2. The van der Waals surface area contributed by atoms with Crippen LogP contribution in [0.3, 0.4) is 0 Å². The molecule has 0 radical (unpaired) electrons. The number of ether oxygens (including phenoxy) is 2. The van der Waals surface area contributed by atoms with Crippen molar-refractivity contribution in [1.82, 2.24) is 9.55 Å². The minimum absolute atomic E-state index is 0.319. The molecule has 0 spiro atoms. The number of fused-ring (bicyclic) bond motifs is 3. The van der Waals surface area contributed by atoms with Crippen LogP contribution in [0.5, 0.6) is 5.75 Å². The summed E-state index contributed by atoms with van der Waals surface area (Å²) in [4.78, 5) is 17.7. The number of imidazole rings is 1. The van der Waals surface area contributed by atoms with Gasteiger partial charge in [0.05, 0.1) is 35.9 Å². The summed E-state index contributed by atoms with van der Waals surface area (Å²) < 4.78 is 13.4. The van der Waals surface area contributed by atoms with Gasteiger partial charge in [-0.15, -0.1) is 0 Å². The number of hydrogen-bond donors (Lipinski definition) is 1. The zero-order valence-electron chi connectivity index (χ0n) is 17.6. The van der Waals surface area contributed by atoms with Gasteiger partial charge in [0.1, 0.15) is 5.75 Å². The predicted octanol–water partition coefficient (Wildman–Crippen LogP) is 5.07. The minimum atomic E-state index is -0.359. The van der Waals surface area contributed by atoms with Crippen molar-refractivity contribution in [3.05, 3.63) is 65.4 Å². The summed E-state index contributed by atoms with van der Waals surface area (Å²) in [6, 6.07) is 15.5. The SMILES string of the molecule is CCCCOc1cccc(C2C(C(=O)OCC)=C(C)Nc3nc4ccccc4n32)c1. The van der Waals surface area contributed by atoms with Gasteiger partial charge >= 0.3 is 5.97 Å². The molecule has 156 valence electrons. The molecule has 2 aromatic carbocycles. The molecule has 0 aliphatic carbocycles. The number of allylic oxidation sites excluding steroid dienone is 1. The summed E-state index contributed by atoms with van der Waals surface area (Å²) in [7, 11) is 0.